The van der Waals surface area contributed by atoms with Gasteiger partial charge < -0.3 is 4.90 Å². The molecule has 0 aromatic carbocycles. The third-order valence-electron chi connectivity index (χ3n) is 4.08. The van der Waals surface area contributed by atoms with Crippen molar-refractivity contribution in [2.45, 2.75) is 32.6 Å². The molecule has 3 unspecified atom stereocenters. The molecular formula is C13H21NO. The number of likely N-dealkylation sites (N-methyl/N-ethyl adjacent to an activating group) is 1. The minimum atomic E-state index is 0.153. The Morgan fingerprint density at radius 1 is 1.40 bits per heavy atom. The van der Waals surface area contributed by atoms with Gasteiger partial charge in [-0.3, -0.25) is 4.79 Å². The Hall–Kier alpha value is -0.790. The number of allylic oxidation sites excluding steroid dienone is 1. The second-order valence-electron chi connectivity index (χ2n) is 5.15. The molecule has 84 valence electrons. The van der Waals surface area contributed by atoms with Gasteiger partial charge in [-0.25, -0.2) is 0 Å². The van der Waals surface area contributed by atoms with Gasteiger partial charge in [-0.05, 0) is 50.0 Å². The van der Waals surface area contributed by atoms with Crippen LogP contribution in [0.25, 0.3) is 0 Å². The molecule has 0 N–H and O–H groups in total. The van der Waals surface area contributed by atoms with E-state index in [-0.39, 0.29) is 5.91 Å². The molecule has 3 atom stereocenters. The molecule has 2 aliphatic rings. The normalized spacial score (nSPS) is 33.9. The molecule has 2 aliphatic carbocycles. The zero-order chi connectivity index (χ0) is 10.8. The van der Waals surface area contributed by atoms with E-state index in [0.29, 0.717) is 0 Å². The minimum absolute atomic E-state index is 0.153. The van der Waals surface area contributed by atoms with E-state index in [2.05, 4.69) is 0 Å². The standard InChI is InChI=1S/C13H21NO/c1-3-4-13(15)14(2)9-12-8-10-5-6-11(12)7-10/h3-4,10-12H,5-9H2,1-2H3. The van der Waals surface area contributed by atoms with Crippen LogP contribution in [0, 0.1) is 17.8 Å². The second-order valence-corrected chi connectivity index (χ2v) is 5.15. The van der Waals surface area contributed by atoms with E-state index in [0.717, 1.165) is 24.3 Å². The monoisotopic (exact) mass is 207 g/mol. The topological polar surface area (TPSA) is 20.3 Å². The van der Waals surface area contributed by atoms with Gasteiger partial charge >= 0.3 is 0 Å². The summed E-state index contributed by atoms with van der Waals surface area (Å²) in [5, 5.41) is 0. The molecular weight excluding hydrogens is 186 g/mol. The number of amides is 1. The van der Waals surface area contributed by atoms with E-state index in [1.165, 1.54) is 25.7 Å². The van der Waals surface area contributed by atoms with E-state index in [1.807, 2.05) is 24.9 Å². The van der Waals surface area contributed by atoms with Gasteiger partial charge in [0.1, 0.15) is 0 Å². The number of fused-ring (bicyclic) bond motifs is 2. The maximum Gasteiger partial charge on any atom is 0.245 e. The van der Waals surface area contributed by atoms with Crippen LogP contribution in [0.3, 0.4) is 0 Å². The van der Waals surface area contributed by atoms with Crippen LogP contribution in [-0.2, 0) is 4.79 Å². The Labute approximate surface area is 92.3 Å². The molecule has 2 nitrogen and oxygen atoms in total. The number of carbonyl (C=O) groups is 1. The molecule has 0 aromatic rings. The molecule has 2 saturated carbocycles. The van der Waals surface area contributed by atoms with Crippen molar-refractivity contribution < 1.29 is 4.79 Å². The summed E-state index contributed by atoms with van der Waals surface area (Å²) in [6.45, 7) is 2.85. The lowest BCUT2D eigenvalue weighted by atomic mass is 9.88. The fraction of sp³-hybridized carbons (Fsp3) is 0.769. The van der Waals surface area contributed by atoms with Crippen molar-refractivity contribution in [3.05, 3.63) is 12.2 Å². The van der Waals surface area contributed by atoms with Gasteiger partial charge in [0.15, 0.2) is 0 Å². The molecule has 0 radical (unpaired) electrons. The van der Waals surface area contributed by atoms with Crippen LogP contribution in [0.15, 0.2) is 12.2 Å². The van der Waals surface area contributed by atoms with E-state index >= 15 is 0 Å². The van der Waals surface area contributed by atoms with Crippen molar-refractivity contribution in [1.82, 2.24) is 4.90 Å². The summed E-state index contributed by atoms with van der Waals surface area (Å²) < 4.78 is 0. The van der Waals surface area contributed by atoms with Gasteiger partial charge in [0.25, 0.3) is 0 Å². The molecule has 2 fully saturated rings. The second kappa shape index (κ2) is 4.38. The first-order valence-electron chi connectivity index (χ1n) is 6.08. The maximum atomic E-state index is 11.6. The minimum Gasteiger partial charge on any atom is -0.342 e. The highest BCUT2D eigenvalue weighted by Crippen LogP contribution is 2.48. The summed E-state index contributed by atoms with van der Waals surface area (Å²) in [6.07, 6.45) is 9.11. The molecule has 0 aliphatic heterocycles. The summed E-state index contributed by atoms with van der Waals surface area (Å²) in [6, 6.07) is 0. The SMILES string of the molecule is CC=CC(=O)N(C)CC1CC2CCC1C2. The molecule has 1 amide bonds. The smallest absolute Gasteiger partial charge is 0.245 e. The Morgan fingerprint density at radius 2 is 2.20 bits per heavy atom. The molecule has 0 saturated heterocycles. The first kappa shape index (κ1) is 10.7. The fourth-order valence-electron chi connectivity index (χ4n) is 3.31. The van der Waals surface area contributed by atoms with Crippen molar-refractivity contribution in [2.75, 3.05) is 13.6 Å². The van der Waals surface area contributed by atoms with Crippen LogP contribution in [0.5, 0.6) is 0 Å². The predicted molar refractivity (Wildman–Crippen MR) is 61.4 cm³/mol. The zero-order valence-corrected chi connectivity index (χ0v) is 9.78. The Balaban J connectivity index is 1.84. The van der Waals surface area contributed by atoms with E-state index in [1.54, 1.807) is 6.08 Å². The summed E-state index contributed by atoms with van der Waals surface area (Å²) in [4.78, 5) is 13.5. The van der Waals surface area contributed by atoms with Crippen LogP contribution in [0.2, 0.25) is 0 Å². The Morgan fingerprint density at radius 3 is 2.73 bits per heavy atom. The fourth-order valence-corrected chi connectivity index (χ4v) is 3.31. The van der Waals surface area contributed by atoms with Gasteiger partial charge in [-0.15, -0.1) is 0 Å². The number of carbonyl (C=O) groups excluding carboxylic acids is 1. The summed E-state index contributed by atoms with van der Waals surface area (Å²) in [5.41, 5.74) is 0. The van der Waals surface area contributed by atoms with Gasteiger partial charge in [0.05, 0.1) is 0 Å². The predicted octanol–water partition coefficient (Wildman–Crippen LogP) is 2.46. The summed E-state index contributed by atoms with van der Waals surface area (Å²) in [5.74, 6) is 2.82. The Kier molecular flexibility index (Phi) is 3.13. The first-order chi connectivity index (χ1) is 7.20. The number of hydrogen-bond donors (Lipinski definition) is 0. The molecule has 0 spiro atoms. The third kappa shape index (κ3) is 2.24. The molecule has 2 bridgehead atoms. The number of nitrogens with zero attached hydrogens (tertiary/aromatic N) is 1. The van der Waals surface area contributed by atoms with E-state index in [4.69, 9.17) is 0 Å². The lowest BCUT2D eigenvalue weighted by molar-refractivity contribution is -0.125. The lowest BCUT2D eigenvalue weighted by Crippen LogP contribution is -2.32. The average Bonchev–Trinajstić information content (AvgIpc) is 2.79. The van der Waals surface area contributed by atoms with Crippen molar-refractivity contribution in [3.8, 4) is 0 Å². The third-order valence-corrected chi connectivity index (χ3v) is 4.08. The molecule has 0 heterocycles. The highest BCUT2D eigenvalue weighted by molar-refractivity contribution is 5.87. The molecule has 2 heteroatoms. The maximum absolute atomic E-state index is 11.6. The van der Waals surface area contributed by atoms with Crippen LogP contribution >= 0.6 is 0 Å². The quantitative estimate of drug-likeness (QED) is 0.651. The number of hydrogen-bond acceptors (Lipinski definition) is 1. The highest BCUT2D eigenvalue weighted by Gasteiger charge is 2.39. The summed E-state index contributed by atoms with van der Waals surface area (Å²) >= 11 is 0. The van der Waals surface area contributed by atoms with E-state index < -0.39 is 0 Å². The van der Waals surface area contributed by atoms with Crippen molar-refractivity contribution in [2.24, 2.45) is 17.8 Å². The molecule has 0 aromatic heterocycles. The first-order valence-corrected chi connectivity index (χ1v) is 6.08. The van der Waals surface area contributed by atoms with Crippen LogP contribution in [0.4, 0.5) is 0 Å². The zero-order valence-electron chi connectivity index (χ0n) is 9.78. The van der Waals surface area contributed by atoms with Crippen molar-refractivity contribution in [1.29, 1.82) is 0 Å². The molecule has 15 heavy (non-hydrogen) atoms. The Bertz CT molecular complexity index is 272. The van der Waals surface area contributed by atoms with Gasteiger partial charge in [0.2, 0.25) is 5.91 Å². The van der Waals surface area contributed by atoms with Crippen molar-refractivity contribution in [3.63, 3.8) is 0 Å². The largest absolute Gasteiger partial charge is 0.342 e. The van der Waals surface area contributed by atoms with E-state index in [9.17, 15) is 4.79 Å². The molecule has 2 rings (SSSR count). The summed E-state index contributed by atoms with van der Waals surface area (Å²) in [7, 11) is 1.92. The average molecular weight is 207 g/mol. The highest BCUT2D eigenvalue weighted by atomic mass is 16.2. The van der Waals surface area contributed by atoms with Gasteiger partial charge in [0, 0.05) is 13.6 Å². The van der Waals surface area contributed by atoms with Crippen LogP contribution in [-0.4, -0.2) is 24.4 Å². The van der Waals surface area contributed by atoms with Gasteiger partial charge in [-0.1, -0.05) is 12.5 Å². The van der Waals surface area contributed by atoms with Crippen LogP contribution in [0.1, 0.15) is 32.6 Å². The number of rotatable bonds is 3. The lowest BCUT2D eigenvalue weighted by Gasteiger charge is -2.26. The van der Waals surface area contributed by atoms with Crippen LogP contribution < -0.4 is 0 Å². The van der Waals surface area contributed by atoms with Crippen molar-refractivity contribution >= 4 is 5.91 Å². The van der Waals surface area contributed by atoms with Gasteiger partial charge in [-0.2, -0.15) is 0 Å².